The average Bonchev–Trinajstić information content (AvgIpc) is 3.90. The van der Waals surface area contributed by atoms with Crippen LogP contribution < -0.4 is 25.0 Å². The molecule has 2 saturated carbocycles. The molecule has 2 aliphatic carbocycles. The van der Waals surface area contributed by atoms with E-state index in [0.29, 0.717) is 47.9 Å². The summed E-state index contributed by atoms with van der Waals surface area (Å²) in [4.78, 5) is 38.5. The fraction of sp³-hybridized carbons (Fsp3) is 0.426. The lowest BCUT2D eigenvalue weighted by Gasteiger charge is -2.31. The predicted molar refractivity (Wildman–Crippen MR) is 269 cm³/mol. The molecule has 0 aliphatic heterocycles. The molecular weight excluding hydrogens is 914 g/mol. The Kier molecular flexibility index (Phi) is 17.9. The van der Waals surface area contributed by atoms with Crippen LogP contribution in [0, 0.1) is 11.8 Å². The monoisotopic (exact) mass is 976 g/mol. The first-order valence-corrected chi connectivity index (χ1v) is 25.1. The Hall–Kier alpha value is -6.32. The van der Waals surface area contributed by atoms with Gasteiger partial charge >= 0.3 is 0 Å². The van der Waals surface area contributed by atoms with Gasteiger partial charge in [-0.2, -0.15) is 5.10 Å². The van der Waals surface area contributed by atoms with Crippen LogP contribution in [0.2, 0.25) is 0 Å². The number of ether oxygens (including phenoxy) is 2. The molecule has 2 fully saturated rings. The van der Waals surface area contributed by atoms with Crippen LogP contribution in [0.5, 0.6) is 17.2 Å². The highest BCUT2D eigenvalue weighted by atomic mass is 35.5. The van der Waals surface area contributed by atoms with Crippen molar-refractivity contribution in [2.45, 2.75) is 96.1 Å². The summed E-state index contributed by atoms with van der Waals surface area (Å²) in [6.07, 6.45) is 14.4. The lowest BCUT2D eigenvalue weighted by molar-refractivity contribution is -0.116. The molecule has 370 valence electrons. The maximum Gasteiger partial charge on any atom is 0.284 e. The summed E-state index contributed by atoms with van der Waals surface area (Å²) in [6, 6.07) is 28.4. The van der Waals surface area contributed by atoms with Crippen LogP contribution in [0.3, 0.4) is 0 Å². The number of alkyl halides is 3. The van der Waals surface area contributed by atoms with E-state index in [1.165, 1.54) is 44.6 Å². The molecule has 3 aromatic carbocycles. The minimum absolute atomic E-state index is 0.0142. The van der Waals surface area contributed by atoms with Gasteiger partial charge in [-0.15, -0.1) is 11.6 Å². The number of nitrogens with zero attached hydrogens (tertiary/aromatic N) is 6. The third-order valence-corrected chi connectivity index (χ3v) is 13.2. The molecule has 6 aromatic rings. The van der Waals surface area contributed by atoms with Crippen LogP contribution in [0.4, 0.5) is 26.0 Å². The smallest absolute Gasteiger partial charge is 0.284 e. The molecule has 0 radical (unpaired) electrons. The van der Waals surface area contributed by atoms with E-state index in [0.717, 1.165) is 81.6 Å². The number of halogens is 3. The number of anilines is 3. The Morgan fingerprint density at radius 2 is 1.54 bits per heavy atom. The van der Waals surface area contributed by atoms with Gasteiger partial charge in [-0.1, -0.05) is 56.0 Å². The molecule has 13 nitrogen and oxygen atoms in total. The van der Waals surface area contributed by atoms with Crippen molar-refractivity contribution in [2.24, 2.45) is 11.8 Å². The molecule has 2 aliphatic rings. The number of rotatable bonds is 26. The van der Waals surface area contributed by atoms with Crippen LogP contribution >= 0.6 is 11.6 Å². The van der Waals surface area contributed by atoms with Crippen LogP contribution in [-0.2, 0) is 11.3 Å². The van der Waals surface area contributed by atoms with Gasteiger partial charge in [-0.05, 0) is 143 Å². The van der Waals surface area contributed by atoms with Gasteiger partial charge in [0.25, 0.3) is 12.3 Å². The highest BCUT2D eigenvalue weighted by molar-refractivity contribution is 6.29. The van der Waals surface area contributed by atoms with Gasteiger partial charge in [0, 0.05) is 36.7 Å². The largest absolute Gasteiger partial charge is 0.494 e. The number of aromatic nitrogens is 4. The Morgan fingerprint density at radius 3 is 2.26 bits per heavy atom. The summed E-state index contributed by atoms with van der Waals surface area (Å²) in [7, 11) is 2.19. The topological polar surface area (TPSA) is 140 Å². The highest BCUT2D eigenvalue weighted by Crippen LogP contribution is 2.36. The minimum Gasteiger partial charge on any atom is -0.494 e. The van der Waals surface area contributed by atoms with Crippen molar-refractivity contribution in [1.82, 2.24) is 24.6 Å². The summed E-state index contributed by atoms with van der Waals surface area (Å²) in [5.41, 5.74) is 1.94. The molecule has 0 unspecified atom stereocenters. The first-order valence-electron chi connectivity index (χ1n) is 24.6. The van der Waals surface area contributed by atoms with Crippen LogP contribution in [-0.4, -0.2) is 75.6 Å². The average molecular weight is 978 g/mol. The van der Waals surface area contributed by atoms with Crippen molar-refractivity contribution < 1.29 is 32.3 Å². The van der Waals surface area contributed by atoms with Gasteiger partial charge in [0.1, 0.15) is 35.2 Å². The molecule has 3 aromatic heterocycles. The lowest BCUT2D eigenvalue weighted by Crippen LogP contribution is -2.31. The zero-order valence-electron chi connectivity index (χ0n) is 39.8. The Balaban J connectivity index is 0.675. The summed E-state index contributed by atoms with van der Waals surface area (Å²) < 4.78 is 47.6. The third-order valence-electron chi connectivity index (χ3n) is 13.0. The van der Waals surface area contributed by atoms with Crippen LogP contribution in [0.15, 0.2) is 114 Å². The molecule has 2 N–H and O–H groups in total. The fourth-order valence-corrected chi connectivity index (χ4v) is 9.02. The van der Waals surface area contributed by atoms with Gasteiger partial charge in [0.15, 0.2) is 11.4 Å². The number of pyridine rings is 1. The summed E-state index contributed by atoms with van der Waals surface area (Å²) >= 11 is 5.92. The number of carbonyl (C=O) groups is 2. The highest BCUT2D eigenvalue weighted by Gasteiger charge is 2.28. The summed E-state index contributed by atoms with van der Waals surface area (Å²) in [5.74, 6) is 3.41. The maximum atomic E-state index is 14.2. The molecule has 8 rings (SSSR count). The SMILES string of the molecule is CN(CCCCCCCCOc1ccc(Oc2ccc(N(Cc3ccccc3)C(=O)CCl)cc2)cc1)C[C@H]1CC[C@H](n2cc(NC(=O)c3coc(-c4ccnc(NCC5CC5)c4)n3)c(C(F)F)n2)CC1. The number of carbonyl (C=O) groups excluding carboxylic acids is 2. The van der Waals surface area contributed by atoms with E-state index in [-0.39, 0.29) is 35.1 Å². The summed E-state index contributed by atoms with van der Waals surface area (Å²) in [6.45, 7) is 4.01. The van der Waals surface area contributed by atoms with Gasteiger partial charge < -0.3 is 34.3 Å². The number of oxazole rings is 1. The van der Waals surface area contributed by atoms with Crippen molar-refractivity contribution in [1.29, 1.82) is 0 Å². The first-order chi connectivity index (χ1) is 34.2. The Bertz CT molecular complexity index is 2570. The number of unbranched alkanes of at least 4 members (excludes halogenated alkanes) is 5. The standard InChI is InChI=1S/C54H63ClF2N8O5/c1-63(29-9-4-2-3-5-10-30-68-44-23-25-46(26-24-44)70-45-21-19-42(20-22-45)64(50(66)32-55)35-39-11-7-6-8-12-39)34-40-15-17-43(18-16-40)65-36-47(51(62-65)52(56)57)60-53(67)48-37-69-54(61-48)41-27-28-58-49(31-41)59-33-38-13-14-38/h6-8,11-12,19-28,31,36-38,40,43,52H,2-5,9-10,13-18,29-30,32-35H2,1H3,(H,58,59)(H,60,67)/t40-,43-. The quantitative estimate of drug-likeness (QED) is 0.0399. The first kappa shape index (κ1) is 50.1. The number of benzene rings is 3. The van der Waals surface area contributed by atoms with E-state index >= 15 is 0 Å². The normalized spacial score (nSPS) is 15.8. The zero-order valence-corrected chi connectivity index (χ0v) is 40.5. The van der Waals surface area contributed by atoms with E-state index in [2.05, 4.69) is 37.6 Å². The van der Waals surface area contributed by atoms with Gasteiger partial charge in [0.2, 0.25) is 11.8 Å². The number of hydrogen-bond donors (Lipinski definition) is 2. The van der Waals surface area contributed by atoms with E-state index in [1.54, 1.807) is 21.8 Å². The molecule has 0 spiro atoms. The van der Waals surface area contributed by atoms with Crippen LogP contribution in [0.25, 0.3) is 11.5 Å². The number of amides is 2. The van der Waals surface area contributed by atoms with Crippen molar-refractivity contribution in [3.8, 4) is 28.7 Å². The van der Waals surface area contributed by atoms with Crippen LogP contribution in [0.1, 0.15) is 111 Å². The fourth-order valence-electron chi connectivity index (χ4n) is 8.88. The second kappa shape index (κ2) is 25.0. The molecule has 0 bridgehead atoms. The predicted octanol–water partition coefficient (Wildman–Crippen LogP) is 12.6. The van der Waals surface area contributed by atoms with Crippen molar-refractivity contribution in [3.05, 3.63) is 127 Å². The molecule has 16 heteroatoms. The van der Waals surface area contributed by atoms with Crippen molar-refractivity contribution >= 4 is 40.6 Å². The van der Waals surface area contributed by atoms with E-state index in [4.69, 9.17) is 25.5 Å². The van der Waals surface area contributed by atoms with E-state index < -0.39 is 18.0 Å². The van der Waals surface area contributed by atoms with Gasteiger partial charge in [-0.25, -0.2) is 18.7 Å². The third kappa shape index (κ3) is 14.6. The van der Waals surface area contributed by atoms with Gasteiger partial charge in [-0.3, -0.25) is 14.3 Å². The van der Waals surface area contributed by atoms with E-state index in [1.807, 2.05) is 84.9 Å². The minimum atomic E-state index is -2.85. The van der Waals surface area contributed by atoms with Gasteiger partial charge in [0.05, 0.1) is 24.9 Å². The summed E-state index contributed by atoms with van der Waals surface area (Å²) in [5, 5.41) is 10.2. The van der Waals surface area contributed by atoms with Crippen molar-refractivity contribution in [2.75, 3.05) is 54.7 Å². The number of nitrogens with one attached hydrogen (secondary N) is 2. The maximum absolute atomic E-state index is 14.2. The molecule has 70 heavy (non-hydrogen) atoms. The second-order valence-corrected chi connectivity index (χ2v) is 18.8. The molecule has 2 amide bonds. The second-order valence-electron chi connectivity index (χ2n) is 18.5. The van der Waals surface area contributed by atoms with E-state index in [9.17, 15) is 18.4 Å². The lowest BCUT2D eigenvalue weighted by atomic mass is 9.86. The zero-order chi connectivity index (χ0) is 48.7. The molecular formula is C54H63ClF2N8O5. The molecule has 3 heterocycles. The van der Waals surface area contributed by atoms with Crippen molar-refractivity contribution in [3.63, 3.8) is 0 Å². The Morgan fingerprint density at radius 1 is 0.857 bits per heavy atom. The number of hydrogen-bond acceptors (Lipinski definition) is 10. The Labute approximate surface area is 413 Å². The molecule has 0 atom stereocenters. The molecule has 0 saturated heterocycles.